The average Bonchev–Trinajstić information content (AvgIpc) is 2.71. The lowest BCUT2D eigenvalue weighted by Gasteiger charge is -2.10. The molecule has 0 saturated heterocycles. The van der Waals surface area contributed by atoms with Gasteiger partial charge in [0.2, 0.25) is 0 Å². The monoisotopic (exact) mass is 219 g/mol. The van der Waals surface area contributed by atoms with Gasteiger partial charge >= 0.3 is 0 Å². The van der Waals surface area contributed by atoms with Crippen LogP contribution >= 0.6 is 0 Å². The number of unbranched alkanes of at least 4 members (excludes halogenated alkanes) is 3. The summed E-state index contributed by atoms with van der Waals surface area (Å²) in [5, 5.41) is 3.81. The van der Waals surface area contributed by atoms with Crippen LogP contribution < -0.4 is 5.32 Å². The minimum atomic E-state index is 0.936. The molecule has 0 aromatic rings. The minimum Gasteiger partial charge on any atom is -0.313 e. The Morgan fingerprint density at radius 3 is 2.50 bits per heavy atom. The van der Waals surface area contributed by atoms with Crippen molar-refractivity contribution in [2.75, 3.05) is 6.54 Å². The van der Waals surface area contributed by atoms with Crippen LogP contribution in [0.15, 0.2) is 12.7 Å². The van der Waals surface area contributed by atoms with E-state index in [0.717, 1.165) is 29.7 Å². The molecule has 0 heterocycles. The number of fused-ring (bicyclic) bond motifs is 5. The van der Waals surface area contributed by atoms with Gasteiger partial charge in [-0.3, -0.25) is 0 Å². The zero-order chi connectivity index (χ0) is 11.0. The van der Waals surface area contributed by atoms with Crippen molar-refractivity contribution in [3.05, 3.63) is 12.7 Å². The van der Waals surface area contributed by atoms with Crippen molar-refractivity contribution in [1.82, 2.24) is 5.32 Å². The molecule has 1 nitrogen and oxygen atoms in total. The topological polar surface area (TPSA) is 12.0 Å². The van der Waals surface area contributed by atoms with Crippen molar-refractivity contribution >= 4 is 0 Å². The Kier molecular flexibility index (Phi) is 3.06. The summed E-state index contributed by atoms with van der Waals surface area (Å²) >= 11 is 0. The van der Waals surface area contributed by atoms with Crippen LogP contribution in [0.3, 0.4) is 0 Å². The normalized spacial score (nSPS) is 43.4. The Morgan fingerprint density at radius 2 is 1.81 bits per heavy atom. The first-order valence-electron chi connectivity index (χ1n) is 7.26. The van der Waals surface area contributed by atoms with Crippen molar-refractivity contribution in [3.63, 3.8) is 0 Å². The summed E-state index contributed by atoms with van der Waals surface area (Å²) in [6.07, 6.45) is 12.0. The van der Waals surface area contributed by atoms with Gasteiger partial charge in [0.1, 0.15) is 0 Å². The predicted octanol–water partition coefficient (Wildman–Crippen LogP) is 3.37. The fraction of sp³-hybridized carbons (Fsp3) is 0.867. The van der Waals surface area contributed by atoms with Crippen LogP contribution in [0.4, 0.5) is 0 Å². The van der Waals surface area contributed by atoms with Gasteiger partial charge in [-0.1, -0.05) is 12.5 Å². The molecular formula is C15H25N. The summed E-state index contributed by atoms with van der Waals surface area (Å²) in [5.74, 6) is 4.44. The van der Waals surface area contributed by atoms with Gasteiger partial charge in [0, 0.05) is 6.04 Å². The first-order chi connectivity index (χ1) is 7.92. The summed E-state index contributed by atoms with van der Waals surface area (Å²) in [6.45, 7) is 5.02. The quantitative estimate of drug-likeness (QED) is 0.511. The maximum atomic E-state index is 3.81. The maximum Gasteiger partial charge on any atom is 0.0135 e. The zero-order valence-corrected chi connectivity index (χ0v) is 10.3. The van der Waals surface area contributed by atoms with Crippen LogP contribution in [-0.2, 0) is 0 Å². The van der Waals surface area contributed by atoms with Gasteiger partial charge < -0.3 is 5.32 Å². The Bertz CT molecular complexity index is 244. The molecule has 4 atom stereocenters. The highest BCUT2D eigenvalue weighted by Gasteiger charge is 2.64. The highest BCUT2D eigenvalue weighted by atomic mass is 15.0. The molecule has 3 rings (SSSR count). The van der Waals surface area contributed by atoms with E-state index in [1.807, 2.05) is 6.08 Å². The van der Waals surface area contributed by atoms with Crippen molar-refractivity contribution in [1.29, 1.82) is 0 Å². The summed E-state index contributed by atoms with van der Waals surface area (Å²) < 4.78 is 0. The van der Waals surface area contributed by atoms with Crippen LogP contribution in [0.5, 0.6) is 0 Å². The van der Waals surface area contributed by atoms with E-state index in [1.54, 1.807) is 19.3 Å². The van der Waals surface area contributed by atoms with Crippen LogP contribution in [0.2, 0.25) is 0 Å². The Morgan fingerprint density at radius 1 is 1.06 bits per heavy atom. The van der Waals surface area contributed by atoms with E-state index in [1.165, 1.54) is 32.2 Å². The highest BCUT2D eigenvalue weighted by Crippen LogP contribution is 2.65. The molecule has 0 aromatic carbocycles. The minimum absolute atomic E-state index is 0.936. The molecule has 1 N–H and O–H groups in total. The molecule has 0 spiro atoms. The van der Waals surface area contributed by atoms with Crippen molar-refractivity contribution in [2.45, 2.75) is 51.0 Å². The molecule has 16 heavy (non-hydrogen) atoms. The van der Waals surface area contributed by atoms with Crippen LogP contribution in [0, 0.1) is 23.7 Å². The van der Waals surface area contributed by atoms with Gasteiger partial charge in [-0.2, -0.15) is 0 Å². The lowest BCUT2D eigenvalue weighted by atomic mass is 10.0. The molecule has 0 radical (unpaired) electrons. The Balaban J connectivity index is 1.29. The Hall–Kier alpha value is -0.300. The molecule has 1 heteroatoms. The third-order valence-corrected chi connectivity index (χ3v) is 5.20. The first kappa shape index (κ1) is 10.8. The van der Waals surface area contributed by atoms with Gasteiger partial charge in [0.25, 0.3) is 0 Å². The second-order valence-corrected chi connectivity index (χ2v) is 6.11. The van der Waals surface area contributed by atoms with Gasteiger partial charge in [0.15, 0.2) is 0 Å². The maximum absolute atomic E-state index is 3.81. The third-order valence-electron chi connectivity index (χ3n) is 5.20. The smallest absolute Gasteiger partial charge is 0.0135 e. The summed E-state index contributed by atoms with van der Waals surface area (Å²) in [5.41, 5.74) is 0. The molecule has 90 valence electrons. The second-order valence-electron chi connectivity index (χ2n) is 6.11. The van der Waals surface area contributed by atoms with Crippen LogP contribution in [0.1, 0.15) is 44.9 Å². The van der Waals surface area contributed by atoms with E-state index in [0.29, 0.717) is 0 Å². The molecule has 3 saturated carbocycles. The summed E-state index contributed by atoms with van der Waals surface area (Å²) in [7, 11) is 0. The fourth-order valence-electron chi connectivity index (χ4n) is 4.46. The molecule has 3 aliphatic rings. The predicted molar refractivity (Wildman–Crippen MR) is 68.3 cm³/mol. The average molecular weight is 219 g/mol. The first-order valence-corrected chi connectivity index (χ1v) is 7.26. The summed E-state index contributed by atoms with van der Waals surface area (Å²) in [4.78, 5) is 0. The van der Waals surface area contributed by atoms with E-state index in [2.05, 4.69) is 11.9 Å². The fourth-order valence-corrected chi connectivity index (χ4v) is 4.46. The van der Waals surface area contributed by atoms with E-state index >= 15 is 0 Å². The number of rotatable bonds is 7. The summed E-state index contributed by atoms with van der Waals surface area (Å²) in [6, 6.07) is 0.936. The van der Waals surface area contributed by atoms with E-state index in [4.69, 9.17) is 0 Å². The van der Waals surface area contributed by atoms with Crippen molar-refractivity contribution in [2.24, 2.45) is 23.7 Å². The zero-order valence-electron chi connectivity index (χ0n) is 10.3. The molecule has 4 unspecified atom stereocenters. The van der Waals surface area contributed by atoms with Crippen LogP contribution in [0.25, 0.3) is 0 Å². The van der Waals surface area contributed by atoms with Crippen LogP contribution in [-0.4, -0.2) is 12.6 Å². The molecule has 2 bridgehead atoms. The van der Waals surface area contributed by atoms with E-state index in [-0.39, 0.29) is 0 Å². The molecule has 3 aliphatic carbocycles. The largest absolute Gasteiger partial charge is 0.313 e. The second kappa shape index (κ2) is 4.52. The third kappa shape index (κ3) is 1.84. The number of hydrogen-bond acceptors (Lipinski definition) is 1. The van der Waals surface area contributed by atoms with E-state index in [9.17, 15) is 0 Å². The standard InChI is InChI=1S/C15H25N/c1-2-3-4-5-6-9-16-15-13-11-7-8-12(10-11)14(13)15/h2,11-16H,1,3-10H2. The van der Waals surface area contributed by atoms with Crippen molar-refractivity contribution < 1.29 is 0 Å². The number of hydrogen-bond donors (Lipinski definition) is 1. The van der Waals surface area contributed by atoms with Gasteiger partial charge in [-0.05, 0) is 68.7 Å². The van der Waals surface area contributed by atoms with E-state index < -0.39 is 0 Å². The molecule has 3 fully saturated rings. The lowest BCUT2D eigenvalue weighted by Crippen LogP contribution is -2.23. The molecular weight excluding hydrogens is 194 g/mol. The lowest BCUT2D eigenvalue weighted by molar-refractivity contribution is 0.456. The van der Waals surface area contributed by atoms with Crippen molar-refractivity contribution in [3.8, 4) is 0 Å². The highest BCUT2D eigenvalue weighted by molar-refractivity contribution is 5.16. The molecule has 0 amide bonds. The SMILES string of the molecule is C=CCCCCCNC1C2C3CCC(C3)C12. The van der Waals surface area contributed by atoms with Gasteiger partial charge in [-0.25, -0.2) is 0 Å². The molecule has 0 aliphatic heterocycles. The van der Waals surface area contributed by atoms with Gasteiger partial charge in [-0.15, -0.1) is 6.58 Å². The Labute approximate surface area is 99.7 Å². The van der Waals surface area contributed by atoms with Gasteiger partial charge in [0.05, 0.1) is 0 Å². The molecule has 0 aromatic heterocycles. The number of allylic oxidation sites excluding steroid dienone is 1. The number of nitrogens with one attached hydrogen (secondary N) is 1.